The third kappa shape index (κ3) is 4.69. The highest BCUT2D eigenvalue weighted by molar-refractivity contribution is 7.89. The minimum absolute atomic E-state index is 0.105. The highest BCUT2D eigenvalue weighted by Gasteiger charge is 2.20. The fourth-order valence-electron chi connectivity index (χ4n) is 2.91. The van der Waals surface area contributed by atoms with Crippen LogP contribution in [0.2, 0.25) is 0 Å². The molecule has 1 aromatic heterocycles. The molecule has 0 bridgehead atoms. The van der Waals surface area contributed by atoms with Crippen molar-refractivity contribution in [3.05, 3.63) is 72.1 Å². The maximum atomic E-state index is 12.8. The number of carbonyl (C=O) groups excluding carboxylic acids is 1. The van der Waals surface area contributed by atoms with Crippen LogP contribution in [-0.2, 0) is 16.6 Å². The first kappa shape index (κ1) is 21.5. The zero-order valence-electron chi connectivity index (χ0n) is 17.4. The quantitative estimate of drug-likeness (QED) is 0.626. The number of carbonyl (C=O) groups is 1. The zero-order chi connectivity index (χ0) is 21.9. The van der Waals surface area contributed by atoms with Gasteiger partial charge in [-0.15, -0.1) is 0 Å². The molecule has 1 amide bonds. The number of nitrogens with one attached hydrogen (secondary N) is 1. The van der Waals surface area contributed by atoms with E-state index in [0.29, 0.717) is 23.5 Å². The lowest BCUT2D eigenvalue weighted by molar-refractivity contribution is 0.102. The van der Waals surface area contributed by atoms with E-state index in [1.54, 1.807) is 21.8 Å². The maximum Gasteiger partial charge on any atom is 0.258 e. The van der Waals surface area contributed by atoms with Gasteiger partial charge in [0.15, 0.2) is 0 Å². The molecule has 0 saturated heterocycles. The molecule has 9 heteroatoms. The molecular weight excluding hydrogens is 402 g/mol. The minimum Gasteiger partial charge on any atom is -0.376 e. The summed E-state index contributed by atoms with van der Waals surface area (Å²) in [5.74, 6) is -0.364. The van der Waals surface area contributed by atoms with Crippen LogP contribution in [0.3, 0.4) is 0 Å². The number of nitrogens with zero attached hydrogens (tertiary/aromatic N) is 4. The molecule has 0 unspecified atom stereocenters. The Kier molecular flexibility index (Phi) is 6.23. The number of aromatic nitrogens is 2. The van der Waals surface area contributed by atoms with Crippen molar-refractivity contribution in [2.45, 2.75) is 11.4 Å². The fourth-order valence-corrected chi connectivity index (χ4v) is 3.84. The number of benzene rings is 2. The predicted octanol–water partition coefficient (Wildman–Crippen LogP) is 2.50. The number of rotatable bonds is 7. The van der Waals surface area contributed by atoms with Crippen LogP contribution >= 0.6 is 0 Å². The summed E-state index contributed by atoms with van der Waals surface area (Å²) in [5, 5.41) is 7.07. The molecule has 1 heterocycles. The van der Waals surface area contributed by atoms with Gasteiger partial charge < -0.3 is 10.2 Å². The summed E-state index contributed by atoms with van der Waals surface area (Å²) in [6.45, 7) is 0.549. The van der Waals surface area contributed by atoms with Crippen molar-refractivity contribution >= 4 is 27.3 Å². The van der Waals surface area contributed by atoms with Gasteiger partial charge in [-0.05, 0) is 23.8 Å². The molecular formula is C21H25N5O3S. The van der Waals surface area contributed by atoms with Gasteiger partial charge >= 0.3 is 0 Å². The number of amides is 1. The second-order valence-electron chi connectivity index (χ2n) is 7.23. The largest absolute Gasteiger partial charge is 0.376 e. The van der Waals surface area contributed by atoms with Crippen molar-refractivity contribution in [1.82, 2.24) is 14.1 Å². The van der Waals surface area contributed by atoms with Gasteiger partial charge in [-0.1, -0.05) is 30.3 Å². The lowest BCUT2D eigenvalue weighted by Gasteiger charge is -2.20. The summed E-state index contributed by atoms with van der Waals surface area (Å²) in [6, 6.07) is 14.5. The topological polar surface area (TPSA) is 87.5 Å². The van der Waals surface area contributed by atoms with Gasteiger partial charge in [0.05, 0.1) is 34.6 Å². The number of sulfonamides is 1. The number of hydrogen-bond acceptors (Lipinski definition) is 5. The summed E-state index contributed by atoms with van der Waals surface area (Å²) >= 11 is 0. The first-order valence-corrected chi connectivity index (χ1v) is 10.7. The highest BCUT2D eigenvalue weighted by atomic mass is 32.2. The Morgan fingerprint density at radius 3 is 2.40 bits per heavy atom. The van der Waals surface area contributed by atoms with E-state index in [-0.39, 0.29) is 10.8 Å². The van der Waals surface area contributed by atoms with Gasteiger partial charge in [0.1, 0.15) is 0 Å². The van der Waals surface area contributed by atoms with Crippen molar-refractivity contribution in [3.63, 3.8) is 0 Å². The fraction of sp³-hybridized carbons (Fsp3) is 0.238. The van der Waals surface area contributed by atoms with Crippen LogP contribution in [-0.4, -0.2) is 56.6 Å². The average molecular weight is 428 g/mol. The third-order valence-electron chi connectivity index (χ3n) is 4.56. The summed E-state index contributed by atoms with van der Waals surface area (Å²) < 4.78 is 27.8. The molecule has 2 aromatic carbocycles. The molecule has 3 rings (SSSR count). The normalized spacial score (nSPS) is 11.5. The Balaban J connectivity index is 1.85. The van der Waals surface area contributed by atoms with E-state index in [4.69, 9.17) is 0 Å². The molecule has 1 N–H and O–H groups in total. The van der Waals surface area contributed by atoms with Crippen LogP contribution < -0.4 is 10.2 Å². The van der Waals surface area contributed by atoms with Crippen molar-refractivity contribution in [2.75, 3.05) is 38.4 Å². The summed E-state index contributed by atoms with van der Waals surface area (Å²) in [6.07, 6.45) is 3.16. The van der Waals surface area contributed by atoms with Gasteiger partial charge in [0.2, 0.25) is 10.0 Å². The lowest BCUT2D eigenvalue weighted by atomic mass is 10.2. The molecule has 158 valence electrons. The summed E-state index contributed by atoms with van der Waals surface area (Å²) in [4.78, 5) is 14.7. The van der Waals surface area contributed by atoms with Crippen LogP contribution in [0.5, 0.6) is 0 Å². The van der Waals surface area contributed by atoms with E-state index in [1.807, 2.05) is 44.4 Å². The molecule has 0 atom stereocenters. The Labute approximate surface area is 176 Å². The van der Waals surface area contributed by atoms with E-state index in [2.05, 4.69) is 10.4 Å². The van der Waals surface area contributed by atoms with Gasteiger partial charge in [-0.2, -0.15) is 5.10 Å². The van der Waals surface area contributed by atoms with Crippen molar-refractivity contribution in [3.8, 4) is 0 Å². The zero-order valence-corrected chi connectivity index (χ0v) is 18.2. The predicted molar refractivity (Wildman–Crippen MR) is 117 cm³/mol. The minimum atomic E-state index is -3.63. The Morgan fingerprint density at radius 1 is 1.07 bits per heavy atom. The van der Waals surface area contributed by atoms with Crippen LogP contribution in [0.1, 0.15) is 15.9 Å². The standard InChI is InChI=1S/C21H25N5O3S/c1-24(2)20-11-10-18(30(28,29)25(3)4)12-19(20)23-21(27)17-13-22-26(15-17)14-16-8-6-5-7-9-16/h5-13,15H,14H2,1-4H3,(H,23,27). The van der Waals surface area contributed by atoms with E-state index in [0.717, 1.165) is 9.87 Å². The molecule has 30 heavy (non-hydrogen) atoms. The molecule has 8 nitrogen and oxygen atoms in total. The van der Waals surface area contributed by atoms with Crippen LogP contribution in [0, 0.1) is 0 Å². The van der Waals surface area contributed by atoms with Crippen LogP contribution in [0.4, 0.5) is 11.4 Å². The first-order valence-electron chi connectivity index (χ1n) is 9.30. The van der Waals surface area contributed by atoms with Gasteiger partial charge in [0.25, 0.3) is 5.91 Å². The maximum absolute atomic E-state index is 12.8. The lowest BCUT2D eigenvalue weighted by Crippen LogP contribution is -2.23. The Morgan fingerprint density at radius 2 is 1.77 bits per heavy atom. The van der Waals surface area contributed by atoms with Gasteiger partial charge in [-0.25, -0.2) is 12.7 Å². The van der Waals surface area contributed by atoms with E-state index < -0.39 is 10.0 Å². The number of hydrogen-bond donors (Lipinski definition) is 1. The van der Waals surface area contributed by atoms with Gasteiger partial charge in [0, 0.05) is 34.4 Å². The molecule has 0 aliphatic carbocycles. The molecule has 0 aliphatic rings. The molecule has 0 aliphatic heterocycles. The number of anilines is 2. The van der Waals surface area contributed by atoms with E-state index in [1.165, 1.54) is 32.4 Å². The van der Waals surface area contributed by atoms with Crippen LogP contribution in [0.25, 0.3) is 0 Å². The average Bonchev–Trinajstić information content (AvgIpc) is 3.17. The van der Waals surface area contributed by atoms with Gasteiger partial charge in [-0.3, -0.25) is 9.48 Å². The van der Waals surface area contributed by atoms with E-state index in [9.17, 15) is 13.2 Å². The highest BCUT2D eigenvalue weighted by Crippen LogP contribution is 2.29. The van der Waals surface area contributed by atoms with E-state index >= 15 is 0 Å². The first-order chi connectivity index (χ1) is 14.2. The molecule has 0 radical (unpaired) electrons. The Hall–Kier alpha value is -3.17. The van der Waals surface area contributed by atoms with Crippen molar-refractivity contribution in [2.24, 2.45) is 0 Å². The smallest absolute Gasteiger partial charge is 0.258 e. The third-order valence-corrected chi connectivity index (χ3v) is 6.37. The van der Waals surface area contributed by atoms with Crippen molar-refractivity contribution in [1.29, 1.82) is 0 Å². The van der Waals surface area contributed by atoms with Crippen LogP contribution in [0.15, 0.2) is 65.8 Å². The summed E-state index contributed by atoms with van der Waals surface area (Å²) in [7, 11) is 2.95. The molecule has 0 spiro atoms. The second kappa shape index (κ2) is 8.68. The monoisotopic (exact) mass is 427 g/mol. The summed E-state index contributed by atoms with van der Waals surface area (Å²) in [5.41, 5.74) is 2.56. The molecule has 0 saturated carbocycles. The van der Waals surface area contributed by atoms with Crippen molar-refractivity contribution < 1.29 is 13.2 Å². The molecule has 3 aromatic rings. The molecule has 0 fully saturated rings. The second-order valence-corrected chi connectivity index (χ2v) is 9.38. The SMILES string of the molecule is CN(C)c1ccc(S(=O)(=O)N(C)C)cc1NC(=O)c1cnn(Cc2ccccc2)c1. The Bertz CT molecular complexity index is 1140.